The van der Waals surface area contributed by atoms with Crippen molar-refractivity contribution in [2.45, 2.75) is 19.8 Å². The number of nitrogens with zero attached hydrogens (tertiary/aromatic N) is 1. The Bertz CT molecular complexity index is 1780. The second kappa shape index (κ2) is 10.4. The van der Waals surface area contributed by atoms with Crippen LogP contribution < -0.4 is 5.32 Å². The maximum absolute atomic E-state index is 12.8. The highest BCUT2D eigenvalue weighted by Crippen LogP contribution is 2.45. The van der Waals surface area contributed by atoms with Crippen LogP contribution in [0.25, 0.3) is 32.9 Å². The van der Waals surface area contributed by atoms with E-state index < -0.39 is 24.5 Å². The van der Waals surface area contributed by atoms with Crippen molar-refractivity contribution in [3.63, 3.8) is 0 Å². The third kappa shape index (κ3) is 4.76. The number of H-pyrrole nitrogens is 1. The van der Waals surface area contributed by atoms with Gasteiger partial charge in [0.2, 0.25) is 0 Å². The molecule has 2 N–H and O–H groups in total. The lowest BCUT2D eigenvalue weighted by atomic mass is 9.89. The minimum Gasteiger partial charge on any atom is -0.465 e. The second-order valence-electron chi connectivity index (χ2n) is 9.57. The van der Waals surface area contributed by atoms with E-state index in [1.165, 1.54) is 24.0 Å². The fourth-order valence-corrected chi connectivity index (χ4v) is 6.22. The molecule has 3 aromatic carbocycles. The maximum atomic E-state index is 12.8. The van der Waals surface area contributed by atoms with Crippen molar-refractivity contribution in [1.82, 2.24) is 9.97 Å². The Morgan fingerprint density at radius 3 is 2.60 bits per heavy atom. The summed E-state index contributed by atoms with van der Waals surface area (Å²) in [5.41, 5.74) is 7.23. The van der Waals surface area contributed by atoms with Crippen molar-refractivity contribution in [2.24, 2.45) is 0 Å². The van der Waals surface area contributed by atoms with Crippen LogP contribution in [-0.2, 0) is 27.1 Å². The van der Waals surface area contributed by atoms with Gasteiger partial charge in [-0.25, -0.2) is 14.6 Å². The van der Waals surface area contributed by atoms with Crippen LogP contribution in [0.4, 0.5) is 5.00 Å². The average molecular weight is 552 g/mol. The number of fused-ring (bicyclic) bond motifs is 4. The highest BCUT2D eigenvalue weighted by atomic mass is 32.1. The van der Waals surface area contributed by atoms with Crippen LogP contribution in [0.1, 0.15) is 37.4 Å². The first-order valence-corrected chi connectivity index (χ1v) is 13.6. The first kappa shape index (κ1) is 25.5. The Kier molecular flexibility index (Phi) is 6.65. The number of nitrogens with one attached hydrogen (secondary N) is 2. The number of hydrogen-bond donors (Lipinski definition) is 2. The summed E-state index contributed by atoms with van der Waals surface area (Å²) in [7, 11) is 1.32. The molecule has 0 saturated carbocycles. The molecule has 0 radical (unpaired) electrons. The van der Waals surface area contributed by atoms with Gasteiger partial charge in [0.05, 0.1) is 29.3 Å². The molecule has 200 valence electrons. The van der Waals surface area contributed by atoms with E-state index in [1.54, 1.807) is 18.2 Å². The summed E-state index contributed by atoms with van der Waals surface area (Å²) in [5, 5.41) is 3.15. The number of anilines is 1. The van der Waals surface area contributed by atoms with E-state index in [-0.39, 0.29) is 5.56 Å². The first-order chi connectivity index (χ1) is 19.4. The van der Waals surface area contributed by atoms with Crippen molar-refractivity contribution in [3.8, 4) is 21.8 Å². The van der Waals surface area contributed by atoms with Gasteiger partial charge in [0.1, 0.15) is 10.8 Å². The van der Waals surface area contributed by atoms with Crippen LogP contribution in [0.5, 0.6) is 0 Å². The molecule has 9 heteroatoms. The van der Waals surface area contributed by atoms with Gasteiger partial charge in [-0.05, 0) is 54.7 Å². The van der Waals surface area contributed by atoms with Crippen molar-refractivity contribution in [2.75, 3.05) is 19.0 Å². The van der Waals surface area contributed by atoms with E-state index in [0.29, 0.717) is 33.8 Å². The summed E-state index contributed by atoms with van der Waals surface area (Å²) in [6, 6.07) is 21.0. The molecule has 0 unspecified atom stereocenters. The molecule has 5 aromatic rings. The fourth-order valence-electron chi connectivity index (χ4n) is 4.91. The Labute approximate surface area is 234 Å². The lowest BCUT2D eigenvalue weighted by Crippen LogP contribution is -2.21. The zero-order chi connectivity index (χ0) is 27.8. The number of rotatable bonds is 6. The quantitative estimate of drug-likeness (QED) is 0.253. The van der Waals surface area contributed by atoms with Gasteiger partial charge in [-0.2, -0.15) is 0 Å². The predicted molar refractivity (Wildman–Crippen MR) is 154 cm³/mol. The second-order valence-corrected chi connectivity index (χ2v) is 10.6. The maximum Gasteiger partial charge on any atom is 0.341 e. The third-order valence-corrected chi connectivity index (χ3v) is 8.11. The molecule has 1 amide bonds. The molecule has 0 fully saturated rings. The molecule has 40 heavy (non-hydrogen) atoms. The van der Waals surface area contributed by atoms with Gasteiger partial charge in [0, 0.05) is 10.4 Å². The standard InChI is InChI=1S/C31H25N3O5S/c1-17-7-9-19(10-8-17)28-32-23-14-12-20(15-24(23)33-28)30(36)39-16-25(35)34-29-26(31(37)38-2)22-13-11-18-5-3-4-6-21(18)27(22)40-29/h3-10,12,14-15H,11,13,16H2,1-2H3,(H,32,33)(H,34,35). The van der Waals surface area contributed by atoms with Crippen molar-refractivity contribution < 1.29 is 23.9 Å². The topological polar surface area (TPSA) is 110 Å². The lowest BCUT2D eigenvalue weighted by molar-refractivity contribution is -0.119. The fraction of sp³-hybridized carbons (Fsp3) is 0.161. The number of thiophene rings is 1. The first-order valence-electron chi connectivity index (χ1n) is 12.8. The normalized spacial score (nSPS) is 11.9. The molecule has 0 atom stereocenters. The number of methoxy groups -OCH3 is 1. The van der Waals surface area contributed by atoms with Gasteiger partial charge in [0.25, 0.3) is 5.91 Å². The molecule has 8 nitrogen and oxygen atoms in total. The van der Waals surface area contributed by atoms with Crippen LogP contribution in [0, 0.1) is 6.92 Å². The molecule has 6 rings (SSSR count). The van der Waals surface area contributed by atoms with E-state index >= 15 is 0 Å². The number of aromatic amines is 1. The summed E-state index contributed by atoms with van der Waals surface area (Å²) < 4.78 is 10.3. The molecular weight excluding hydrogens is 526 g/mol. The van der Waals surface area contributed by atoms with Crippen LogP contribution >= 0.6 is 11.3 Å². The molecule has 1 aliphatic carbocycles. The van der Waals surface area contributed by atoms with Crippen LogP contribution in [0.3, 0.4) is 0 Å². The summed E-state index contributed by atoms with van der Waals surface area (Å²) in [4.78, 5) is 47.0. The van der Waals surface area contributed by atoms with Gasteiger partial charge < -0.3 is 19.8 Å². The summed E-state index contributed by atoms with van der Waals surface area (Å²) in [5.74, 6) is -1.00. The van der Waals surface area contributed by atoms with Gasteiger partial charge in [-0.1, -0.05) is 54.1 Å². The smallest absolute Gasteiger partial charge is 0.341 e. The lowest BCUT2D eigenvalue weighted by Gasteiger charge is -2.16. The van der Waals surface area contributed by atoms with Gasteiger partial charge in [0.15, 0.2) is 6.61 Å². The number of esters is 2. The number of aromatic nitrogens is 2. The number of aryl methyl sites for hydroxylation is 2. The van der Waals surface area contributed by atoms with Crippen molar-refractivity contribution >= 4 is 45.2 Å². The molecular formula is C31H25N3O5S. The highest BCUT2D eigenvalue weighted by molar-refractivity contribution is 7.20. The molecule has 2 heterocycles. The molecule has 1 aliphatic rings. The molecule has 0 saturated heterocycles. The number of imidazole rings is 1. The highest BCUT2D eigenvalue weighted by Gasteiger charge is 2.29. The molecule has 0 aliphatic heterocycles. The summed E-state index contributed by atoms with van der Waals surface area (Å²) in [6.45, 7) is 1.51. The Morgan fingerprint density at radius 1 is 1.00 bits per heavy atom. The molecule has 0 spiro atoms. The van der Waals surface area contributed by atoms with Crippen LogP contribution in [-0.4, -0.2) is 41.5 Å². The molecule has 2 aromatic heterocycles. The summed E-state index contributed by atoms with van der Waals surface area (Å²) >= 11 is 1.33. The predicted octanol–water partition coefficient (Wildman–Crippen LogP) is 5.95. The summed E-state index contributed by atoms with van der Waals surface area (Å²) in [6.07, 6.45) is 1.46. The third-order valence-electron chi connectivity index (χ3n) is 6.93. The number of benzene rings is 3. The van der Waals surface area contributed by atoms with E-state index in [4.69, 9.17) is 9.47 Å². The number of carbonyl (C=O) groups excluding carboxylic acids is 3. The monoisotopic (exact) mass is 551 g/mol. The van der Waals surface area contributed by atoms with Crippen molar-refractivity contribution in [1.29, 1.82) is 0 Å². The minimum absolute atomic E-state index is 0.290. The van der Waals surface area contributed by atoms with E-state index in [2.05, 4.69) is 21.4 Å². The van der Waals surface area contributed by atoms with Gasteiger partial charge in [-0.15, -0.1) is 11.3 Å². The zero-order valence-corrected chi connectivity index (χ0v) is 22.7. The number of amides is 1. The van der Waals surface area contributed by atoms with Gasteiger partial charge >= 0.3 is 11.9 Å². The Balaban J connectivity index is 1.17. The van der Waals surface area contributed by atoms with Crippen molar-refractivity contribution in [3.05, 3.63) is 94.5 Å². The Hall–Kier alpha value is -4.76. The average Bonchev–Trinajstić information content (AvgIpc) is 3.57. The Morgan fingerprint density at radius 2 is 1.80 bits per heavy atom. The van der Waals surface area contributed by atoms with E-state index in [9.17, 15) is 14.4 Å². The number of hydrogen-bond acceptors (Lipinski definition) is 7. The number of carbonyl (C=O) groups is 3. The van der Waals surface area contributed by atoms with Gasteiger partial charge in [-0.3, -0.25) is 4.79 Å². The SMILES string of the molecule is COC(=O)c1c(NC(=O)COC(=O)c2ccc3nc(-c4ccc(C)cc4)[nH]c3c2)sc2c1CCc1ccccc1-2. The minimum atomic E-state index is -0.642. The van der Waals surface area contributed by atoms with Crippen LogP contribution in [0.15, 0.2) is 66.7 Å². The molecule has 0 bridgehead atoms. The number of ether oxygens (including phenoxy) is 2. The van der Waals surface area contributed by atoms with E-state index in [0.717, 1.165) is 33.6 Å². The zero-order valence-electron chi connectivity index (χ0n) is 21.9. The van der Waals surface area contributed by atoms with Crippen LogP contribution in [0.2, 0.25) is 0 Å². The van der Waals surface area contributed by atoms with E-state index in [1.807, 2.05) is 49.4 Å². The largest absolute Gasteiger partial charge is 0.465 e.